The van der Waals surface area contributed by atoms with Crippen LogP contribution in [0.15, 0.2) is 12.3 Å². The number of rotatable bonds is 6. The summed E-state index contributed by atoms with van der Waals surface area (Å²) in [6.07, 6.45) is 6.25. The standard InChI is InChI=1S/C11H18N2O3/c1-2-16-10(14)6-8-13-11(15)12-7-5-9-3-4-9/h5,7,9H,2-4,6,8H2,1H3,(H2,12,13,15)/b7-5+. The molecule has 2 N–H and O–H groups in total. The van der Waals surface area contributed by atoms with Crippen LogP contribution in [-0.4, -0.2) is 25.2 Å². The van der Waals surface area contributed by atoms with Gasteiger partial charge in [-0.15, -0.1) is 0 Å². The molecule has 0 aromatic rings. The number of amides is 2. The molecule has 16 heavy (non-hydrogen) atoms. The van der Waals surface area contributed by atoms with E-state index < -0.39 is 0 Å². The van der Waals surface area contributed by atoms with Crippen molar-refractivity contribution in [1.82, 2.24) is 10.6 Å². The molecule has 0 radical (unpaired) electrons. The Balaban J connectivity index is 1.98. The third kappa shape index (κ3) is 6.06. The minimum Gasteiger partial charge on any atom is -0.466 e. The zero-order chi connectivity index (χ0) is 11.8. The van der Waals surface area contributed by atoms with Crippen LogP contribution in [0.1, 0.15) is 26.2 Å². The lowest BCUT2D eigenvalue weighted by Crippen LogP contribution is -2.33. The van der Waals surface area contributed by atoms with E-state index in [1.165, 1.54) is 12.8 Å². The molecule has 1 saturated carbocycles. The number of allylic oxidation sites excluding steroid dienone is 1. The Bertz CT molecular complexity index is 272. The van der Waals surface area contributed by atoms with Gasteiger partial charge in [-0.3, -0.25) is 4.79 Å². The second-order valence-electron chi connectivity index (χ2n) is 3.65. The van der Waals surface area contributed by atoms with Gasteiger partial charge >= 0.3 is 12.0 Å². The van der Waals surface area contributed by atoms with Crippen LogP contribution in [-0.2, 0) is 9.53 Å². The van der Waals surface area contributed by atoms with Crippen molar-refractivity contribution in [3.05, 3.63) is 12.3 Å². The van der Waals surface area contributed by atoms with E-state index in [4.69, 9.17) is 4.74 Å². The van der Waals surface area contributed by atoms with Crippen molar-refractivity contribution in [1.29, 1.82) is 0 Å². The first kappa shape index (κ1) is 12.5. The SMILES string of the molecule is CCOC(=O)CCNC(=O)N/C=C/C1CC1. The largest absolute Gasteiger partial charge is 0.466 e. The fraction of sp³-hybridized carbons (Fsp3) is 0.636. The van der Waals surface area contributed by atoms with Gasteiger partial charge in [0.2, 0.25) is 0 Å². The van der Waals surface area contributed by atoms with Gasteiger partial charge < -0.3 is 15.4 Å². The number of hydrogen-bond acceptors (Lipinski definition) is 3. The highest BCUT2D eigenvalue weighted by molar-refractivity contribution is 5.76. The van der Waals surface area contributed by atoms with Crippen molar-refractivity contribution in [2.24, 2.45) is 5.92 Å². The fourth-order valence-electron chi connectivity index (χ4n) is 1.11. The van der Waals surface area contributed by atoms with Crippen molar-refractivity contribution in [3.63, 3.8) is 0 Å². The molecular formula is C11H18N2O3. The lowest BCUT2D eigenvalue weighted by atomic mass is 10.4. The van der Waals surface area contributed by atoms with Gasteiger partial charge in [0.15, 0.2) is 0 Å². The van der Waals surface area contributed by atoms with E-state index in [2.05, 4.69) is 10.6 Å². The van der Waals surface area contributed by atoms with Crippen LogP contribution >= 0.6 is 0 Å². The normalized spacial score (nSPS) is 14.8. The maximum Gasteiger partial charge on any atom is 0.318 e. The summed E-state index contributed by atoms with van der Waals surface area (Å²) in [7, 11) is 0. The van der Waals surface area contributed by atoms with Gasteiger partial charge in [-0.05, 0) is 25.7 Å². The summed E-state index contributed by atoms with van der Waals surface area (Å²) in [6.45, 7) is 2.41. The van der Waals surface area contributed by atoms with Crippen molar-refractivity contribution >= 4 is 12.0 Å². The molecule has 5 heteroatoms. The molecule has 0 saturated heterocycles. The number of urea groups is 1. The van der Waals surface area contributed by atoms with Crippen LogP contribution in [0.3, 0.4) is 0 Å². The molecule has 1 aliphatic rings. The highest BCUT2D eigenvalue weighted by Crippen LogP contribution is 2.29. The van der Waals surface area contributed by atoms with E-state index in [-0.39, 0.29) is 18.4 Å². The monoisotopic (exact) mass is 226 g/mol. The van der Waals surface area contributed by atoms with Gasteiger partial charge in [-0.25, -0.2) is 4.79 Å². The summed E-state index contributed by atoms with van der Waals surface area (Å²) in [5.74, 6) is 0.344. The summed E-state index contributed by atoms with van der Waals surface area (Å²) in [6, 6.07) is -0.291. The summed E-state index contributed by atoms with van der Waals surface area (Å²) in [5.41, 5.74) is 0. The van der Waals surface area contributed by atoms with E-state index in [1.807, 2.05) is 6.08 Å². The van der Waals surface area contributed by atoms with Crippen LogP contribution in [0, 0.1) is 5.92 Å². The Morgan fingerprint density at radius 1 is 1.44 bits per heavy atom. The summed E-state index contributed by atoms with van der Waals surface area (Å²) >= 11 is 0. The molecule has 1 aliphatic carbocycles. The van der Waals surface area contributed by atoms with Gasteiger partial charge in [0.1, 0.15) is 0 Å². The molecule has 1 fully saturated rings. The first-order chi connectivity index (χ1) is 7.72. The van der Waals surface area contributed by atoms with Gasteiger partial charge in [0.05, 0.1) is 13.0 Å². The Labute approximate surface area is 95.2 Å². The number of nitrogens with one attached hydrogen (secondary N) is 2. The van der Waals surface area contributed by atoms with E-state index in [1.54, 1.807) is 13.1 Å². The second-order valence-corrected chi connectivity index (χ2v) is 3.65. The molecule has 90 valence electrons. The average Bonchev–Trinajstić information content (AvgIpc) is 3.02. The lowest BCUT2D eigenvalue weighted by Gasteiger charge is -2.04. The molecule has 0 aromatic carbocycles. The fourth-order valence-corrected chi connectivity index (χ4v) is 1.11. The second kappa shape index (κ2) is 6.87. The minimum absolute atomic E-state index is 0.202. The van der Waals surface area contributed by atoms with E-state index in [0.29, 0.717) is 19.1 Å². The van der Waals surface area contributed by atoms with Crippen LogP contribution in [0.25, 0.3) is 0 Å². The summed E-state index contributed by atoms with van der Waals surface area (Å²) in [4.78, 5) is 22.1. The average molecular weight is 226 g/mol. The lowest BCUT2D eigenvalue weighted by molar-refractivity contribution is -0.142. The highest BCUT2D eigenvalue weighted by Gasteiger charge is 2.16. The maximum absolute atomic E-state index is 11.2. The zero-order valence-corrected chi connectivity index (χ0v) is 9.49. The molecule has 0 aliphatic heterocycles. The molecule has 0 spiro atoms. The van der Waals surface area contributed by atoms with Gasteiger partial charge in [0, 0.05) is 12.7 Å². The van der Waals surface area contributed by atoms with E-state index in [9.17, 15) is 9.59 Å². The maximum atomic E-state index is 11.2. The van der Waals surface area contributed by atoms with Crippen molar-refractivity contribution in [2.45, 2.75) is 26.2 Å². The first-order valence-corrected chi connectivity index (χ1v) is 5.59. The van der Waals surface area contributed by atoms with E-state index >= 15 is 0 Å². The molecule has 0 heterocycles. The Hall–Kier alpha value is -1.52. The molecule has 0 unspecified atom stereocenters. The number of esters is 1. The zero-order valence-electron chi connectivity index (χ0n) is 9.49. The smallest absolute Gasteiger partial charge is 0.318 e. The Morgan fingerprint density at radius 3 is 2.81 bits per heavy atom. The topological polar surface area (TPSA) is 67.4 Å². The predicted octanol–water partition coefficient (Wildman–Crippen LogP) is 1.16. The summed E-state index contributed by atoms with van der Waals surface area (Å²) in [5, 5.41) is 5.14. The molecular weight excluding hydrogens is 208 g/mol. The number of ether oxygens (including phenoxy) is 1. The molecule has 5 nitrogen and oxygen atoms in total. The van der Waals surface area contributed by atoms with Gasteiger partial charge in [-0.2, -0.15) is 0 Å². The van der Waals surface area contributed by atoms with Gasteiger partial charge in [-0.1, -0.05) is 6.08 Å². The minimum atomic E-state index is -0.295. The Morgan fingerprint density at radius 2 is 2.19 bits per heavy atom. The number of carbonyl (C=O) groups is 2. The van der Waals surface area contributed by atoms with Crippen molar-refractivity contribution in [3.8, 4) is 0 Å². The number of carbonyl (C=O) groups excluding carboxylic acids is 2. The number of hydrogen-bond donors (Lipinski definition) is 2. The predicted molar refractivity (Wildman–Crippen MR) is 59.6 cm³/mol. The molecule has 0 atom stereocenters. The highest BCUT2D eigenvalue weighted by atomic mass is 16.5. The third-order valence-corrected chi connectivity index (χ3v) is 2.12. The van der Waals surface area contributed by atoms with Crippen LogP contribution in [0.5, 0.6) is 0 Å². The van der Waals surface area contributed by atoms with Gasteiger partial charge in [0.25, 0.3) is 0 Å². The van der Waals surface area contributed by atoms with Crippen LogP contribution in [0.2, 0.25) is 0 Å². The van der Waals surface area contributed by atoms with Crippen molar-refractivity contribution < 1.29 is 14.3 Å². The molecule has 2 amide bonds. The molecule has 0 aromatic heterocycles. The van der Waals surface area contributed by atoms with Crippen LogP contribution < -0.4 is 10.6 Å². The van der Waals surface area contributed by atoms with Crippen molar-refractivity contribution in [2.75, 3.05) is 13.2 Å². The quantitative estimate of drug-likeness (QED) is 0.668. The third-order valence-electron chi connectivity index (χ3n) is 2.12. The van der Waals surface area contributed by atoms with E-state index in [0.717, 1.165) is 0 Å². The molecule has 1 rings (SSSR count). The first-order valence-electron chi connectivity index (χ1n) is 5.59. The molecule has 0 bridgehead atoms. The Kier molecular flexibility index (Phi) is 5.39. The van der Waals surface area contributed by atoms with Crippen LogP contribution in [0.4, 0.5) is 4.79 Å². The summed E-state index contributed by atoms with van der Waals surface area (Å²) < 4.78 is 4.72.